The fourth-order valence-electron chi connectivity index (χ4n) is 3.06. The Morgan fingerprint density at radius 1 is 1.10 bits per heavy atom. The summed E-state index contributed by atoms with van der Waals surface area (Å²) in [5.74, 6) is -0.271. The third-order valence-corrected chi connectivity index (χ3v) is 4.62. The minimum absolute atomic E-state index is 0.0284. The van der Waals surface area contributed by atoms with E-state index in [0.717, 1.165) is 18.4 Å². The lowest BCUT2D eigenvalue weighted by molar-refractivity contribution is -0.132. The third kappa shape index (κ3) is 8.50. The van der Waals surface area contributed by atoms with Gasteiger partial charge in [-0.05, 0) is 57.2 Å². The number of halogens is 1. The maximum Gasteiger partial charge on any atom is 0.408 e. The molecule has 1 saturated heterocycles. The number of piperidine rings is 1. The molecule has 160 valence electrons. The number of benzene rings is 1. The number of ether oxygens (including phenoxy) is 1. The summed E-state index contributed by atoms with van der Waals surface area (Å²) < 4.78 is 18.0. The number of nitrogens with one attached hydrogen (secondary N) is 2. The van der Waals surface area contributed by atoms with E-state index in [1.54, 1.807) is 32.9 Å². The first-order chi connectivity index (χ1) is 13.6. The third-order valence-electron chi connectivity index (χ3n) is 4.62. The van der Waals surface area contributed by atoms with E-state index in [1.165, 1.54) is 12.1 Å². The van der Waals surface area contributed by atoms with Crippen LogP contribution in [0.2, 0.25) is 0 Å². The Labute approximate surface area is 171 Å². The highest BCUT2D eigenvalue weighted by Gasteiger charge is 2.23. The highest BCUT2D eigenvalue weighted by Crippen LogP contribution is 2.17. The first-order valence-corrected chi connectivity index (χ1v) is 9.88. The lowest BCUT2D eigenvalue weighted by atomic mass is 9.96. The standard InChI is InChI=1S/C21H30FN3O4/c1-21(2,3)29-20(28)24-14-18(26)23-13-16-8-10-25(11-9-16)19(27)12-15-4-6-17(22)7-5-15/h4-7,16H,8-14H2,1-3H3,(H,23,26)(H,24,28). The molecule has 0 atom stereocenters. The SMILES string of the molecule is CC(C)(C)OC(=O)NCC(=O)NCC1CCN(C(=O)Cc2ccc(F)cc2)CC1. The van der Waals surface area contributed by atoms with E-state index in [2.05, 4.69) is 10.6 Å². The molecule has 29 heavy (non-hydrogen) atoms. The van der Waals surface area contributed by atoms with Gasteiger partial charge in [0.25, 0.3) is 0 Å². The minimum atomic E-state index is -0.624. The van der Waals surface area contributed by atoms with Crippen LogP contribution in [0.3, 0.4) is 0 Å². The smallest absolute Gasteiger partial charge is 0.408 e. The Kier molecular flexibility index (Phi) is 7.99. The van der Waals surface area contributed by atoms with Gasteiger partial charge in [-0.1, -0.05) is 12.1 Å². The summed E-state index contributed by atoms with van der Waals surface area (Å²) in [4.78, 5) is 37.6. The van der Waals surface area contributed by atoms with Gasteiger partial charge in [0, 0.05) is 19.6 Å². The predicted octanol–water partition coefficient (Wildman–Crippen LogP) is 2.25. The van der Waals surface area contributed by atoms with Crippen LogP contribution >= 0.6 is 0 Å². The number of hydrogen-bond donors (Lipinski definition) is 2. The number of carbonyl (C=O) groups is 3. The normalized spacial score (nSPS) is 15.0. The van der Waals surface area contributed by atoms with Gasteiger partial charge in [-0.15, -0.1) is 0 Å². The van der Waals surface area contributed by atoms with Crippen molar-refractivity contribution in [1.29, 1.82) is 0 Å². The van der Waals surface area contributed by atoms with Gasteiger partial charge in [-0.25, -0.2) is 9.18 Å². The van der Waals surface area contributed by atoms with Gasteiger partial charge in [-0.2, -0.15) is 0 Å². The summed E-state index contributed by atoms with van der Waals surface area (Å²) in [6.07, 6.45) is 1.24. The molecular weight excluding hydrogens is 377 g/mol. The van der Waals surface area contributed by atoms with Gasteiger partial charge in [0.15, 0.2) is 0 Å². The molecule has 0 unspecified atom stereocenters. The highest BCUT2D eigenvalue weighted by atomic mass is 19.1. The number of nitrogens with zero attached hydrogens (tertiary/aromatic N) is 1. The second kappa shape index (κ2) is 10.2. The fraction of sp³-hybridized carbons (Fsp3) is 0.571. The van der Waals surface area contributed by atoms with Crippen LogP contribution in [0.25, 0.3) is 0 Å². The van der Waals surface area contributed by atoms with E-state index in [9.17, 15) is 18.8 Å². The summed E-state index contributed by atoms with van der Waals surface area (Å²) in [6.45, 7) is 6.91. The molecule has 1 aliphatic rings. The Morgan fingerprint density at radius 2 is 1.72 bits per heavy atom. The molecule has 1 aromatic rings. The molecule has 7 nitrogen and oxygen atoms in total. The van der Waals surface area contributed by atoms with Crippen molar-refractivity contribution in [2.24, 2.45) is 5.92 Å². The zero-order valence-electron chi connectivity index (χ0n) is 17.3. The molecule has 0 spiro atoms. The number of alkyl carbamates (subject to hydrolysis) is 1. The zero-order chi connectivity index (χ0) is 21.4. The van der Waals surface area contributed by atoms with Gasteiger partial charge in [-0.3, -0.25) is 9.59 Å². The maximum atomic E-state index is 13.0. The summed E-state index contributed by atoms with van der Waals surface area (Å²) in [5, 5.41) is 5.24. The van der Waals surface area contributed by atoms with Crippen LogP contribution in [-0.2, 0) is 20.7 Å². The number of likely N-dealkylation sites (tertiary alicyclic amines) is 1. The predicted molar refractivity (Wildman–Crippen MR) is 107 cm³/mol. The number of carbonyl (C=O) groups excluding carboxylic acids is 3. The molecule has 1 heterocycles. The lowest BCUT2D eigenvalue weighted by Crippen LogP contribution is -2.44. The molecule has 0 aromatic heterocycles. The van der Waals surface area contributed by atoms with Gasteiger partial charge in [0.2, 0.25) is 11.8 Å². The minimum Gasteiger partial charge on any atom is -0.444 e. The number of amides is 3. The molecule has 2 N–H and O–H groups in total. The topological polar surface area (TPSA) is 87.7 Å². The summed E-state index contributed by atoms with van der Waals surface area (Å²) in [6, 6.07) is 5.96. The molecule has 0 saturated carbocycles. The van der Waals surface area contributed by atoms with E-state index in [0.29, 0.717) is 19.6 Å². The van der Waals surface area contributed by atoms with Crippen LogP contribution in [0, 0.1) is 11.7 Å². The van der Waals surface area contributed by atoms with Crippen molar-refractivity contribution in [3.8, 4) is 0 Å². The highest BCUT2D eigenvalue weighted by molar-refractivity contribution is 5.82. The average Bonchev–Trinajstić information content (AvgIpc) is 2.65. The van der Waals surface area contributed by atoms with Crippen molar-refractivity contribution in [2.75, 3.05) is 26.2 Å². The summed E-state index contributed by atoms with van der Waals surface area (Å²) >= 11 is 0. The van der Waals surface area contributed by atoms with Crippen LogP contribution in [-0.4, -0.2) is 54.6 Å². The fourth-order valence-corrected chi connectivity index (χ4v) is 3.06. The second-order valence-electron chi connectivity index (χ2n) is 8.29. The molecule has 2 rings (SSSR count). The Bertz CT molecular complexity index is 708. The molecule has 0 radical (unpaired) electrons. The Morgan fingerprint density at radius 3 is 2.31 bits per heavy atom. The second-order valence-corrected chi connectivity index (χ2v) is 8.29. The van der Waals surface area contributed by atoms with Crippen LogP contribution in [0.1, 0.15) is 39.2 Å². The largest absolute Gasteiger partial charge is 0.444 e. The van der Waals surface area contributed by atoms with Crippen molar-refractivity contribution in [3.63, 3.8) is 0 Å². The summed E-state index contributed by atoms with van der Waals surface area (Å²) in [7, 11) is 0. The average molecular weight is 407 g/mol. The van der Waals surface area contributed by atoms with E-state index in [-0.39, 0.29) is 36.5 Å². The monoisotopic (exact) mass is 407 g/mol. The van der Waals surface area contributed by atoms with Gasteiger partial charge >= 0.3 is 6.09 Å². The van der Waals surface area contributed by atoms with E-state index in [1.807, 2.05) is 4.90 Å². The quantitative estimate of drug-likeness (QED) is 0.757. The molecule has 0 bridgehead atoms. The molecular formula is C21H30FN3O4. The molecule has 3 amide bonds. The van der Waals surface area contributed by atoms with Gasteiger partial charge < -0.3 is 20.3 Å². The summed E-state index contributed by atoms with van der Waals surface area (Å²) in [5.41, 5.74) is 0.186. The van der Waals surface area contributed by atoms with Gasteiger partial charge in [0.1, 0.15) is 11.4 Å². The molecule has 0 aliphatic carbocycles. The van der Waals surface area contributed by atoms with Crippen LogP contribution in [0.5, 0.6) is 0 Å². The van der Waals surface area contributed by atoms with E-state index < -0.39 is 11.7 Å². The molecule has 1 aliphatic heterocycles. The van der Waals surface area contributed by atoms with Crippen molar-refractivity contribution in [3.05, 3.63) is 35.6 Å². The number of rotatable bonds is 6. The molecule has 1 fully saturated rings. The van der Waals surface area contributed by atoms with E-state index >= 15 is 0 Å². The van der Waals surface area contributed by atoms with Gasteiger partial charge in [0.05, 0.1) is 13.0 Å². The first kappa shape index (κ1) is 22.6. The Hall–Kier alpha value is -2.64. The lowest BCUT2D eigenvalue weighted by Gasteiger charge is -2.32. The Balaban J connectivity index is 1.64. The molecule has 1 aromatic carbocycles. The number of hydrogen-bond acceptors (Lipinski definition) is 4. The van der Waals surface area contributed by atoms with Crippen LogP contribution in [0.4, 0.5) is 9.18 Å². The van der Waals surface area contributed by atoms with Crippen molar-refractivity contribution >= 4 is 17.9 Å². The van der Waals surface area contributed by atoms with Crippen molar-refractivity contribution in [2.45, 2.75) is 45.6 Å². The first-order valence-electron chi connectivity index (χ1n) is 9.88. The molecule has 8 heteroatoms. The van der Waals surface area contributed by atoms with Crippen molar-refractivity contribution < 1.29 is 23.5 Å². The van der Waals surface area contributed by atoms with Crippen molar-refractivity contribution in [1.82, 2.24) is 15.5 Å². The maximum absolute atomic E-state index is 13.0. The van der Waals surface area contributed by atoms with E-state index in [4.69, 9.17) is 4.74 Å². The van der Waals surface area contributed by atoms with Crippen LogP contribution in [0.15, 0.2) is 24.3 Å². The zero-order valence-corrected chi connectivity index (χ0v) is 17.3. The van der Waals surface area contributed by atoms with Crippen LogP contribution < -0.4 is 10.6 Å².